The van der Waals surface area contributed by atoms with E-state index in [1.54, 1.807) is 7.11 Å². The number of benzene rings is 1. The summed E-state index contributed by atoms with van der Waals surface area (Å²) in [5, 5.41) is 3.03. The van der Waals surface area contributed by atoms with Crippen molar-refractivity contribution in [2.24, 2.45) is 5.84 Å². The number of hydrazine groups is 1. The minimum absolute atomic E-state index is 0.0869. The van der Waals surface area contributed by atoms with Crippen LogP contribution in [0.5, 0.6) is 5.75 Å². The highest BCUT2D eigenvalue weighted by Gasteiger charge is 2.10. The Morgan fingerprint density at radius 1 is 1.38 bits per heavy atom. The van der Waals surface area contributed by atoms with E-state index in [0.29, 0.717) is 0 Å². The van der Waals surface area contributed by atoms with Gasteiger partial charge >= 0.3 is 0 Å². The van der Waals surface area contributed by atoms with E-state index in [1.807, 2.05) is 31.3 Å². The maximum atomic E-state index is 5.37. The lowest BCUT2D eigenvalue weighted by molar-refractivity contribution is 0.391. The highest BCUT2D eigenvalue weighted by Crippen LogP contribution is 2.21. The lowest BCUT2D eigenvalue weighted by atomic mass is 10.1. The van der Waals surface area contributed by atoms with Gasteiger partial charge in [0.25, 0.3) is 0 Å². The molecule has 0 radical (unpaired) electrons. The second-order valence-electron chi connectivity index (χ2n) is 2.63. The van der Waals surface area contributed by atoms with Crippen LogP contribution < -0.4 is 21.3 Å². The molecule has 0 aliphatic heterocycles. The summed E-state index contributed by atoms with van der Waals surface area (Å²) in [6.07, 6.45) is -0.0869. The molecule has 1 aromatic carbocycles. The average molecular weight is 181 g/mol. The van der Waals surface area contributed by atoms with Crippen molar-refractivity contribution in [1.82, 2.24) is 10.7 Å². The molecular formula is C9H15N3O. The molecule has 1 unspecified atom stereocenters. The van der Waals surface area contributed by atoms with E-state index in [-0.39, 0.29) is 6.17 Å². The van der Waals surface area contributed by atoms with Crippen molar-refractivity contribution >= 4 is 0 Å². The van der Waals surface area contributed by atoms with E-state index >= 15 is 0 Å². The number of para-hydroxylation sites is 1. The molecule has 0 fully saturated rings. The van der Waals surface area contributed by atoms with E-state index in [0.717, 1.165) is 11.3 Å². The van der Waals surface area contributed by atoms with E-state index in [9.17, 15) is 0 Å². The third-order valence-corrected chi connectivity index (χ3v) is 1.91. The number of nitrogens with one attached hydrogen (secondary N) is 2. The zero-order valence-electron chi connectivity index (χ0n) is 7.87. The number of ether oxygens (including phenoxy) is 1. The smallest absolute Gasteiger partial charge is 0.125 e. The first-order chi connectivity index (χ1) is 6.33. The van der Waals surface area contributed by atoms with E-state index in [1.165, 1.54) is 0 Å². The normalized spacial score (nSPS) is 12.5. The lowest BCUT2D eigenvalue weighted by Crippen LogP contribution is -2.36. The van der Waals surface area contributed by atoms with Gasteiger partial charge in [-0.3, -0.25) is 5.84 Å². The van der Waals surface area contributed by atoms with Gasteiger partial charge in [0.15, 0.2) is 0 Å². The SMILES string of the molecule is CNC(NN)c1ccccc1OC. The summed E-state index contributed by atoms with van der Waals surface area (Å²) in [5.41, 5.74) is 3.65. The maximum absolute atomic E-state index is 5.37. The molecule has 0 saturated carbocycles. The van der Waals surface area contributed by atoms with Gasteiger partial charge < -0.3 is 10.1 Å². The molecule has 0 amide bonds. The van der Waals surface area contributed by atoms with Crippen molar-refractivity contribution < 1.29 is 4.74 Å². The van der Waals surface area contributed by atoms with Gasteiger partial charge in [0.1, 0.15) is 5.75 Å². The summed E-state index contributed by atoms with van der Waals surface area (Å²) >= 11 is 0. The van der Waals surface area contributed by atoms with Gasteiger partial charge in [-0.15, -0.1) is 0 Å². The topological polar surface area (TPSA) is 59.3 Å². The molecule has 72 valence electrons. The van der Waals surface area contributed by atoms with Gasteiger partial charge in [0, 0.05) is 5.56 Å². The zero-order valence-corrected chi connectivity index (χ0v) is 7.87. The Kier molecular flexibility index (Phi) is 3.70. The first kappa shape index (κ1) is 9.98. The number of methoxy groups -OCH3 is 1. The summed E-state index contributed by atoms with van der Waals surface area (Å²) in [5.74, 6) is 6.19. The summed E-state index contributed by atoms with van der Waals surface area (Å²) < 4.78 is 5.19. The molecule has 0 bridgehead atoms. The fourth-order valence-electron chi connectivity index (χ4n) is 1.23. The molecular weight excluding hydrogens is 166 g/mol. The van der Waals surface area contributed by atoms with Crippen LogP contribution in [0.2, 0.25) is 0 Å². The van der Waals surface area contributed by atoms with Crippen LogP contribution in [-0.2, 0) is 0 Å². The van der Waals surface area contributed by atoms with Gasteiger partial charge in [-0.25, -0.2) is 5.43 Å². The van der Waals surface area contributed by atoms with E-state index in [2.05, 4.69) is 10.7 Å². The molecule has 0 aliphatic carbocycles. The van der Waals surface area contributed by atoms with Crippen LogP contribution in [0.1, 0.15) is 11.7 Å². The summed E-state index contributed by atoms with van der Waals surface area (Å²) in [4.78, 5) is 0. The molecule has 0 heterocycles. The Morgan fingerprint density at radius 2 is 2.08 bits per heavy atom. The summed E-state index contributed by atoms with van der Waals surface area (Å²) in [6, 6.07) is 7.72. The monoisotopic (exact) mass is 181 g/mol. The zero-order chi connectivity index (χ0) is 9.68. The first-order valence-corrected chi connectivity index (χ1v) is 4.09. The van der Waals surface area contributed by atoms with Crippen LogP contribution >= 0.6 is 0 Å². The summed E-state index contributed by atoms with van der Waals surface area (Å²) in [7, 11) is 3.47. The number of nitrogens with two attached hydrogens (primary N) is 1. The van der Waals surface area contributed by atoms with Crippen molar-refractivity contribution in [3.63, 3.8) is 0 Å². The molecule has 1 aromatic rings. The highest BCUT2D eigenvalue weighted by atomic mass is 16.5. The Hall–Kier alpha value is -1.10. The van der Waals surface area contributed by atoms with Crippen molar-refractivity contribution in [3.8, 4) is 5.75 Å². The van der Waals surface area contributed by atoms with Crippen LogP contribution in [0.3, 0.4) is 0 Å². The van der Waals surface area contributed by atoms with Crippen LogP contribution in [0.4, 0.5) is 0 Å². The molecule has 13 heavy (non-hydrogen) atoms. The van der Waals surface area contributed by atoms with E-state index in [4.69, 9.17) is 10.6 Å². The molecule has 0 aliphatic rings. The molecule has 1 atom stereocenters. The molecule has 4 nitrogen and oxygen atoms in total. The minimum atomic E-state index is -0.0869. The predicted molar refractivity (Wildman–Crippen MR) is 52.1 cm³/mol. The van der Waals surface area contributed by atoms with E-state index < -0.39 is 0 Å². The standard InChI is InChI=1S/C9H15N3O/c1-11-9(12-10)7-5-3-4-6-8(7)13-2/h3-6,9,11-12H,10H2,1-2H3. The third kappa shape index (κ3) is 2.18. The van der Waals surface area contributed by atoms with Gasteiger partial charge in [-0.05, 0) is 13.1 Å². The second kappa shape index (κ2) is 4.81. The fourth-order valence-corrected chi connectivity index (χ4v) is 1.23. The van der Waals surface area contributed by atoms with Gasteiger partial charge in [-0.2, -0.15) is 0 Å². The van der Waals surface area contributed by atoms with Crippen molar-refractivity contribution in [2.75, 3.05) is 14.2 Å². The van der Waals surface area contributed by atoms with Crippen molar-refractivity contribution in [3.05, 3.63) is 29.8 Å². The Balaban J connectivity index is 2.96. The fraction of sp³-hybridized carbons (Fsp3) is 0.333. The Labute approximate surface area is 78.0 Å². The van der Waals surface area contributed by atoms with Crippen LogP contribution in [0.25, 0.3) is 0 Å². The predicted octanol–water partition coefficient (Wildman–Crippen LogP) is 0.376. The minimum Gasteiger partial charge on any atom is -0.496 e. The maximum Gasteiger partial charge on any atom is 0.125 e. The van der Waals surface area contributed by atoms with Gasteiger partial charge in [-0.1, -0.05) is 18.2 Å². The first-order valence-electron chi connectivity index (χ1n) is 4.09. The van der Waals surface area contributed by atoms with Crippen molar-refractivity contribution in [2.45, 2.75) is 6.17 Å². The molecule has 0 aromatic heterocycles. The van der Waals surface area contributed by atoms with Gasteiger partial charge in [0.05, 0.1) is 13.3 Å². The average Bonchev–Trinajstić information content (AvgIpc) is 2.20. The van der Waals surface area contributed by atoms with Gasteiger partial charge in [0.2, 0.25) is 0 Å². The highest BCUT2D eigenvalue weighted by molar-refractivity contribution is 5.35. The molecule has 1 rings (SSSR count). The quantitative estimate of drug-likeness (QED) is 0.357. The summed E-state index contributed by atoms with van der Waals surface area (Å²) in [6.45, 7) is 0. The third-order valence-electron chi connectivity index (χ3n) is 1.91. The Morgan fingerprint density at radius 3 is 2.62 bits per heavy atom. The number of rotatable bonds is 4. The lowest BCUT2D eigenvalue weighted by Gasteiger charge is -2.17. The molecule has 0 spiro atoms. The Bertz CT molecular complexity index is 261. The van der Waals surface area contributed by atoms with Crippen molar-refractivity contribution in [1.29, 1.82) is 0 Å². The second-order valence-corrected chi connectivity index (χ2v) is 2.63. The number of hydrogen-bond donors (Lipinski definition) is 3. The number of hydrogen-bond acceptors (Lipinski definition) is 4. The van der Waals surface area contributed by atoms with Crippen LogP contribution in [0, 0.1) is 0 Å². The van der Waals surface area contributed by atoms with Crippen LogP contribution in [-0.4, -0.2) is 14.2 Å². The molecule has 4 heteroatoms. The molecule has 4 N–H and O–H groups in total. The largest absolute Gasteiger partial charge is 0.496 e. The van der Waals surface area contributed by atoms with Crippen LogP contribution in [0.15, 0.2) is 24.3 Å². The molecule has 0 saturated heterocycles.